The molecule has 3 nitrogen and oxygen atoms in total. The van der Waals surface area contributed by atoms with E-state index in [-0.39, 0.29) is 5.54 Å². The Bertz CT molecular complexity index is 262. The lowest BCUT2D eigenvalue weighted by atomic mass is 9.75. The van der Waals surface area contributed by atoms with Crippen LogP contribution in [-0.4, -0.2) is 17.7 Å². The molecule has 0 amide bonds. The highest BCUT2D eigenvalue weighted by molar-refractivity contribution is 5.73. The average Bonchev–Trinajstić information content (AvgIpc) is 2.51. The summed E-state index contributed by atoms with van der Waals surface area (Å²) in [5.74, 6) is 1.09. The minimum absolute atomic E-state index is 0.0104. The monoisotopic (exact) mass is 196 g/mol. The van der Waals surface area contributed by atoms with Gasteiger partial charge in [0.25, 0.3) is 6.02 Å². The summed E-state index contributed by atoms with van der Waals surface area (Å²) in [4.78, 5) is 4.53. The maximum atomic E-state index is 5.73. The molecule has 1 fully saturated rings. The number of aliphatic imine (C=N–C) groups is 1. The van der Waals surface area contributed by atoms with Crippen LogP contribution < -0.4 is 5.73 Å². The van der Waals surface area contributed by atoms with Gasteiger partial charge in [-0.3, -0.25) is 0 Å². The molecule has 1 saturated carbocycles. The van der Waals surface area contributed by atoms with Crippen molar-refractivity contribution in [2.45, 2.75) is 51.7 Å². The summed E-state index contributed by atoms with van der Waals surface area (Å²) in [7, 11) is 0. The van der Waals surface area contributed by atoms with E-state index in [2.05, 4.69) is 25.8 Å². The van der Waals surface area contributed by atoms with Crippen molar-refractivity contribution >= 4 is 6.02 Å². The van der Waals surface area contributed by atoms with E-state index in [0.29, 0.717) is 24.0 Å². The molecular formula is C11H20N2O. The van der Waals surface area contributed by atoms with Crippen molar-refractivity contribution in [2.75, 3.05) is 0 Å². The number of hydrogen-bond donors (Lipinski definition) is 1. The fourth-order valence-corrected chi connectivity index (χ4v) is 2.79. The van der Waals surface area contributed by atoms with E-state index in [1.54, 1.807) is 0 Å². The summed E-state index contributed by atoms with van der Waals surface area (Å²) in [5.41, 5.74) is 5.72. The van der Waals surface area contributed by atoms with Crippen LogP contribution >= 0.6 is 0 Å². The molecule has 2 N–H and O–H groups in total. The quantitative estimate of drug-likeness (QED) is 0.696. The molecule has 0 saturated heterocycles. The van der Waals surface area contributed by atoms with Crippen LogP contribution in [-0.2, 0) is 4.74 Å². The van der Waals surface area contributed by atoms with Gasteiger partial charge in [-0.05, 0) is 32.1 Å². The molecule has 1 aliphatic carbocycles. The van der Waals surface area contributed by atoms with Crippen molar-refractivity contribution < 1.29 is 4.74 Å². The van der Waals surface area contributed by atoms with Crippen molar-refractivity contribution in [3.8, 4) is 0 Å². The smallest absolute Gasteiger partial charge is 0.282 e. The highest BCUT2D eigenvalue weighted by Gasteiger charge is 2.48. The van der Waals surface area contributed by atoms with Gasteiger partial charge in [0.15, 0.2) is 0 Å². The Hall–Kier alpha value is -0.730. The van der Waals surface area contributed by atoms with Crippen molar-refractivity contribution in [3.63, 3.8) is 0 Å². The molecule has 1 heterocycles. The molecule has 0 aromatic carbocycles. The Morgan fingerprint density at radius 3 is 2.86 bits per heavy atom. The molecule has 3 unspecified atom stereocenters. The number of nitrogens with two attached hydrogens (primary N) is 1. The van der Waals surface area contributed by atoms with E-state index in [9.17, 15) is 0 Å². The Morgan fingerprint density at radius 2 is 2.21 bits per heavy atom. The second-order valence-electron chi connectivity index (χ2n) is 5.02. The topological polar surface area (TPSA) is 47.6 Å². The Kier molecular flexibility index (Phi) is 2.20. The average molecular weight is 196 g/mol. The van der Waals surface area contributed by atoms with Gasteiger partial charge in [0.05, 0.1) is 5.54 Å². The molecule has 2 aliphatic rings. The number of rotatable bonds is 1. The van der Waals surface area contributed by atoms with Crippen LogP contribution in [0.3, 0.4) is 0 Å². The first-order chi connectivity index (χ1) is 6.54. The van der Waals surface area contributed by atoms with Gasteiger partial charge in [-0.15, -0.1) is 0 Å². The number of nitrogens with zero attached hydrogens (tertiary/aromatic N) is 1. The van der Waals surface area contributed by atoms with Gasteiger partial charge in [-0.25, -0.2) is 4.99 Å². The van der Waals surface area contributed by atoms with Gasteiger partial charge < -0.3 is 10.5 Å². The summed E-state index contributed by atoms with van der Waals surface area (Å²) in [6.45, 7) is 6.66. The predicted molar refractivity (Wildman–Crippen MR) is 57.1 cm³/mol. The largest absolute Gasteiger partial charge is 0.462 e. The number of ether oxygens (including phenoxy) is 1. The fourth-order valence-electron chi connectivity index (χ4n) is 2.79. The number of hydrogen-bond acceptors (Lipinski definition) is 3. The first kappa shape index (κ1) is 9.81. The van der Waals surface area contributed by atoms with E-state index in [1.807, 2.05) is 0 Å². The second-order valence-corrected chi connectivity index (χ2v) is 5.02. The number of amidine groups is 1. The van der Waals surface area contributed by atoms with Crippen LogP contribution in [0.4, 0.5) is 0 Å². The molecule has 0 radical (unpaired) electrons. The lowest BCUT2D eigenvalue weighted by molar-refractivity contribution is 0.0523. The van der Waals surface area contributed by atoms with Crippen LogP contribution in [0.5, 0.6) is 0 Å². The van der Waals surface area contributed by atoms with Gasteiger partial charge in [0.1, 0.15) is 6.10 Å². The predicted octanol–water partition coefficient (Wildman–Crippen LogP) is 1.91. The molecule has 0 bridgehead atoms. The minimum atomic E-state index is -0.0104. The molecule has 3 heteroatoms. The molecule has 0 aromatic heterocycles. The molecular weight excluding hydrogens is 176 g/mol. The molecule has 14 heavy (non-hydrogen) atoms. The third-order valence-electron chi connectivity index (χ3n) is 4.00. The highest BCUT2D eigenvalue weighted by Crippen LogP contribution is 2.44. The van der Waals surface area contributed by atoms with Crippen LogP contribution in [0, 0.1) is 11.8 Å². The molecule has 3 atom stereocenters. The van der Waals surface area contributed by atoms with Gasteiger partial charge in [-0.2, -0.15) is 0 Å². The van der Waals surface area contributed by atoms with E-state index in [4.69, 9.17) is 10.5 Å². The fraction of sp³-hybridized carbons (Fsp3) is 0.909. The van der Waals surface area contributed by atoms with E-state index in [0.717, 1.165) is 6.42 Å². The molecule has 2 rings (SSSR count). The zero-order chi connectivity index (χ0) is 10.3. The van der Waals surface area contributed by atoms with Crippen molar-refractivity contribution in [3.05, 3.63) is 0 Å². The second kappa shape index (κ2) is 3.14. The van der Waals surface area contributed by atoms with Gasteiger partial charge >= 0.3 is 0 Å². The lowest BCUT2D eigenvalue weighted by Crippen LogP contribution is -2.49. The summed E-state index contributed by atoms with van der Waals surface area (Å²) in [6.07, 6.45) is 3.94. The minimum Gasteiger partial charge on any atom is -0.462 e. The first-order valence-electron chi connectivity index (χ1n) is 5.56. The number of fused-ring (bicyclic) bond motifs is 1. The van der Waals surface area contributed by atoms with E-state index >= 15 is 0 Å². The first-order valence-corrected chi connectivity index (χ1v) is 5.56. The molecule has 1 aliphatic heterocycles. The van der Waals surface area contributed by atoms with Gasteiger partial charge in [0, 0.05) is 5.92 Å². The van der Waals surface area contributed by atoms with E-state index < -0.39 is 0 Å². The third kappa shape index (κ3) is 1.30. The molecule has 0 aromatic rings. The van der Waals surface area contributed by atoms with Crippen molar-refractivity contribution in [1.29, 1.82) is 0 Å². The molecule has 0 spiro atoms. The van der Waals surface area contributed by atoms with Crippen LogP contribution in [0.15, 0.2) is 4.99 Å². The standard InChI is InChI=1S/C11H20N2O/c1-7(2)11(3)8-5-4-6-9(8)14-10(12)13-11/h7-9H,4-6H2,1-3H3,(H2,12,13). The normalized spacial score (nSPS) is 41.9. The van der Waals surface area contributed by atoms with Gasteiger partial charge in [-0.1, -0.05) is 13.8 Å². The summed E-state index contributed by atoms with van der Waals surface area (Å²) in [5, 5.41) is 0. The zero-order valence-electron chi connectivity index (χ0n) is 9.29. The maximum absolute atomic E-state index is 5.73. The summed E-state index contributed by atoms with van der Waals surface area (Å²) >= 11 is 0. The van der Waals surface area contributed by atoms with Gasteiger partial charge in [0.2, 0.25) is 0 Å². The molecule has 80 valence electrons. The Balaban J connectivity index is 2.33. The summed E-state index contributed by atoms with van der Waals surface area (Å²) < 4.78 is 5.58. The Morgan fingerprint density at radius 1 is 1.50 bits per heavy atom. The lowest BCUT2D eigenvalue weighted by Gasteiger charge is -2.42. The van der Waals surface area contributed by atoms with Crippen LogP contribution in [0.25, 0.3) is 0 Å². The maximum Gasteiger partial charge on any atom is 0.282 e. The van der Waals surface area contributed by atoms with Crippen LogP contribution in [0.2, 0.25) is 0 Å². The SMILES string of the molecule is CC(C)C1(C)N=C(N)OC2CCCC21. The van der Waals surface area contributed by atoms with Crippen molar-refractivity contribution in [1.82, 2.24) is 0 Å². The van der Waals surface area contributed by atoms with Crippen molar-refractivity contribution in [2.24, 2.45) is 22.6 Å². The summed E-state index contributed by atoms with van der Waals surface area (Å²) in [6, 6.07) is 0.393. The zero-order valence-corrected chi connectivity index (χ0v) is 9.29. The third-order valence-corrected chi connectivity index (χ3v) is 4.00. The Labute approximate surface area is 85.7 Å². The highest BCUT2D eigenvalue weighted by atomic mass is 16.5. The van der Waals surface area contributed by atoms with E-state index in [1.165, 1.54) is 12.8 Å². The van der Waals surface area contributed by atoms with Crippen LogP contribution in [0.1, 0.15) is 40.0 Å².